The van der Waals surface area contributed by atoms with E-state index in [2.05, 4.69) is 34.6 Å². The summed E-state index contributed by atoms with van der Waals surface area (Å²) < 4.78 is 11.7. The second-order valence-electron chi connectivity index (χ2n) is 10.3. The highest BCUT2D eigenvalue weighted by Gasteiger charge is 2.86. The molecule has 1 spiro atoms. The van der Waals surface area contributed by atoms with Crippen LogP contribution in [0.25, 0.3) is 0 Å². The van der Waals surface area contributed by atoms with E-state index in [-0.39, 0.29) is 40.9 Å². The quantitative estimate of drug-likeness (QED) is 0.738. The first-order valence-corrected chi connectivity index (χ1v) is 9.44. The summed E-state index contributed by atoms with van der Waals surface area (Å²) in [6.07, 6.45) is 2.47. The van der Waals surface area contributed by atoms with Crippen LogP contribution in [0.2, 0.25) is 0 Å². The standard InChI is InChI=1S/C20H30O4/c1-10(2)8-19(6,18(3,4)5)17(22)24-15-14-13-12(16(21)23-14)7-11-9-20(11,13)15/h10-15H,7-9H2,1-6H3. The van der Waals surface area contributed by atoms with Crippen molar-refractivity contribution in [3.63, 3.8) is 0 Å². The van der Waals surface area contributed by atoms with Crippen molar-refractivity contribution < 1.29 is 19.1 Å². The molecule has 0 amide bonds. The van der Waals surface area contributed by atoms with Gasteiger partial charge in [-0.05, 0) is 43.4 Å². The molecular formula is C20H30O4. The van der Waals surface area contributed by atoms with Gasteiger partial charge in [-0.1, -0.05) is 34.6 Å². The monoisotopic (exact) mass is 334 g/mol. The SMILES string of the molecule is CC(C)CC(C)(C(=O)OC1C2OC(=O)C3CC4CC41C32)C(C)(C)C. The highest BCUT2D eigenvalue weighted by molar-refractivity contribution is 5.80. The first-order chi connectivity index (χ1) is 11.0. The third kappa shape index (κ3) is 1.80. The molecule has 3 aliphatic carbocycles. The Hall–Kier alpha value is -1.06. The lowest BCUT2D eigenvalue weighted by atomic mass is 9.62. The lowest BCUT2D eigenvalue weighted by molar-refractivity contribution is -0.210. The molecular weight excluding hydrogens is 304 g/mol. The first-order valence-electron chi connectivity index (χ1n) is 9.44. The minimum atomic E-state index is -0.534. The summed E-state index contributed by atoms with van der Waals surface area (Å²) in [4.78, 5) is 25.2. The maximum absolute atomic E-state index is 13.2. The molecule has 0 aromatic carbocycles. The highest BCUT2D eigenvalue weighted by atomic mass is 16.6. The average molecular weight is 334 g/mol. The van der Waals surface area contributed by atoms with Gasteiger partial charge in [0.05, 0.1) is 11.3 Å². The van der Waals surface area contributed by atoms with Crippen LogP contribution >= 0.6 is 0 Å². The van der Waals surface area contributed by atoms with Gasteiger partial charge in [0, 0.05) is 11.3 Å². The van der Waals surface area contributed by atoms with Crippen LogP contribution in [0, 0.1) is 39.9 Å². The van der Waals surface area contributed by atoms with Crippen LogP contribution in [0.3, 0.4) is 0 Å². The van der Waals surface area contributed by atoms with Crippen molar-refractivity contribution in [2.45, 2.75) is 73.0 Å². The van der Waals surface area contributed by atoms with E-state index >= 15 is 0 Å². The van der Waals surface area contributed by atoms with E-state index < -0.39 is 5.41 Å². The largest absolute Gasteiger partial charge is 0.458 e. The van der Waals surface area contributed by atoms with E-state index in [0.29, 0.717) is 17.8 Å². The van der Waals surface area contributed by atoms with Gasteiger partial charge in [-0.2, -0.15) is 0 Å². The minimum Gasteiger partial charge on any atom is -0.458 e. The molecule has 0 aromatic heterocycles. The summed E-state index contributed by atoms with van der Waals surface area (Å²) in [6.45, 7) is 12.7. The van der Waals surface area contributed by atoms with E-state index in [4.69, 9.17) is 9.47 Å². The molecule has 3 saturated carbocycles. The molecule has 7 unspecified atom stereocenters. The molecule has 134 valence electrons. The van der Waals surface area contributed by atoms with Crippen molar-refractivity contribution in [2.75, 3.05) is 0 Å². The van der Waals surface area contributed by atoms with Gasteiger partial charge in [-0.25, -0.2) is 0 Å². The predicted molar refractivity (Wildman–Crippen MR) is 88.9 cm³/mol. The number of ether oxygens (including phenoxy) is 2. The number of esters is 2. The maximum atomic E-state index is 13.2. The summed E-state index contributed by atoms with van der Waals surface area (Å²) in [5.41, 5.74) is -0.635. The summed E-state index contributed by atoms with van der Waals surface area (Å²) in [5, 5.41) is 0. The van der Waals surface area contributed by atoms with Crippen molar-refractivity contribution in [1.82, 2.24) is 0 Å². The Morgan fingerprint density at radius 2 is 2.00 bits per heavy atom. The maximum Gasteiger partial charge on any atom is 0.312 e. The topological polar surface area (TPSA) is 52.6 Å². The number of rotatable bonds is 4. The average Bonchev–Trinajstić information content (AvgIpc) is 2.99. The number of carbonyl (C=O) groups is 2. The molecule has 1 aliphatic heterocycles. The number of hydrogen-bond acceptors (Lipinski definition) is 4. The van der Waals surface area contributed by atoms with E-state index in [9.17, 15) is 9.59 Å². The summed E-state index contributed by atoms with van der Waals surface area (Å²) in [7, 11) is 0. The number of hydrogen-bond donors (Lipinski definition) is 0. The Balaban J connectivity index is 1.55. The third-order valence-corrected chi connectivity index (χ3v) is 7.69. The van der Waals surface area contributed by atoms with Gasteiger partial charge in [0.15, 0.2) is 0 Å². The molecule has 0 aromatic rings. The van der Waals surface area contributed by atoms with Crippen molar-refractivity contribution in [1.29, 1.82) is 0 Å². The molecule has 4 heteroatoms. The second kappa shape index (κ2) is 4.56. The van der Waals surface area contributed by atoms with Gasteiger partial charge in [0.2, 0.25) is 0 Å². The highest BCUT2D eigenvalue weighted by Crippen LogP contribution is 2.80. The van der Waals surface area contributed by atoms with Crippen LogP contribution in [0.1, 0.15) is 60.8 Å². The molecule has 1 saturated heterocycles. The Morgan fingerprint density at radius 1 is 1.33 bits per heavy atom. The fraction of sp³-hybridized carbons (Fsp3) is 0.900. The Labute approximate surface area is 144 Å². The summed E-state index contributed by atoms with van der Waals surface area (Å²) >= 11 is 0. The molecule has 7 atom stereocenters. The first kappa shape index (κ1) is 16.4. The lowest BCUT2D eigenvalue weighted by Crippen LogP contribution is -2.59. The van der Waals surface area contributed by atoms with E-state index in [1.807, 2.05) is 6.92 Å². The summed E-state index contributed by atoms with van der Waals surface area (Å²) in [6, 6.07) is 0. The lowest BCUT2D eigenvalue weighted by Gasteiger charge is -2.49. The smallest absolute Gasteiger partial charge is 0.312 e. The fourth-order valence-electron chi connectivity index (χ4n) is 5.89. The Kier molecular flexibility index (Phi) is 3.12. The molecule has 1 heterocycles. The van der Waals surface area contributed by atoms with Crippen LogP contribution in [-0.4, -0.2) is 24.1 Å². The van der Waals surface area contributed by atoms with Crippen LogP contribution in [0.4, 0.5) is 0 Å². The van der Waals surface area contributed by atoms with Crippen molar-refractivity contribution in [3.05, 3.63) is 0 Å². The van der Waals surface area contributed by atoms with Gasteiger partial charge in [0.1, 0.15) is 12.2 Å². The second-order valence-corrected chi connectivity index (χ2v) is 10.3. The van der Waals surface area contributed by atoms with Gasteiger partial charge >= 0.3 is 11.9 Å². The van der Waals surface area contributed by atoms with Gasteiger partial charge in [-0.3, -0.25) is 9.59 Å². The molecule has 4 fully saturated rings. The van der Waals surface area contributed by atoms with Gasteiger partial charge < -0.3 is 9.47 Å². The van der Waals surface area contributed by atoms with Crippen molar-refractivity contribution in [3.8, 4) is 0 Å². The molecule has 0 N–H and O–H groups in total. The molecule has 4 nitrogen and oxygen atoms in total. The zero-order chi connectivity index (χ0) is 17.7. The zero-order valence-corrected chi connectivity index (χ0v) is 15.7. The van der Waals surface area contributed by atoms with E-state index in [0.717, 1.165) is 19.3 Å². The van der Waals surface area contributed by atoms with E-state index in [1.165, 1.54) is 0 Å². The molecule has 4 rings (SSSR count). The van der Waals surface area contributed by atoms with Crippen molar-refractivity contribution in [2.24, 2.45) is 39.9 Å². The van der Waals surface area contributed by atoms with E-state index in [1.54, 1.807) is 0 Å². The van der Waals surface area contributed by atoms with Gasteiger partial charge in [0.25, 0.3) is 0 Å². The predicted octanol–water partition coefficient (Wildman–Crippen LogP) is 3.58. The minimum absolute atomic E-state index is 0.0594. The molecule has 24 heavy (non-hydrogen) atoms. The normalized spacial score (nSPS) is 44.3. The summed E-state index contributed by atoms with van der Waals surface area (Å²) in [5.74, 6) is 1.21. The van der Waals surface area contributed by atoms with Crippen LogP contribution in [-0.2, 0) is 19.1 Å². The molecule has 4 aliphatic rings. The van der Waals surface area contributed by atoms with Crippen LogP contribution in [0.15, 0.2) is 0 Å². The number of carbonyl (C=O) groups excluding carboxylic acids is 2. The Morgan fingerprint density at radius 3 is 2.58 bits per heavy atom. The molecule has 0 bridgehead atoms. The van der Waals surface area contributed by atoms with Crippen LogP contribution in [0.5, 0.6) is 0 Å². The zero-order valence-electron chi connectivity index (χ0n) is 15.7. The Bertz CT molecular complexity index is 603. The third-order valence-electron chi connectivity index (χ3n) is 7.69. The van der Waals surface area contributed by atoms with Gasteiger partial charge in [-0.15, -0.1) is 0 Å². The molecule has 0 radical (unpaired) electrons. The fourth-order valence-corrected chi connectivity index (χ4v) is 5.89. The van der Waals surface area contributed by atoms with Crippen LogP contribution < -0.4 is 0 Å². The van der Waals surface area contributed by atoms with Crippen molar-refractivity contribution >= 4 is 11.9 Å².